The first-order valence-electron chi connectivity index (χ1n) is 12.5. The van der Waals surface area contributed by atoms with Gasteiger partial charge in [-0.05, 0) is 54.2 Å². The Morgan fingerprint density at radius 1 is 1.12 bits per heavy atom. The molecular formula is C22H22F3N. The minimum Gasteiger partial charge on any atom is -0.310 e. The van der Waals surface area contributed by atoms with E-state index in [0.29, 0.717) is 0 Å². The number of nitrogens with one attached hydrogen (secondary N) is 1. The van der Waals surface area contributed by atoms with Gasteiger partial charge in [-0.3, -0.25) is 0 Å². The molecule has 136 valence electrons. The predicted octanol–water partition coefficient (Wildman–Crippen LogP) is 6.14. The normalized spacial score (nSPS) is 18.5. The minimum atomic E-state index is -4.61. The molecule has 0 amide bonds. The minimum absolute atomic E-state index is 0.0490. The maximum Gasteiger partial charge on any atom is 0.416 e. The van der Waals surface area contributed by atoms with E-state index in [1.165, 1.54) is 6.07 Å². The number of fused-ring (bicyclic) bond motifs is 1. The van der Waals surface area contributed by atoms with Gasteiger partial charge in [-0.1, -0.05) is 60.5 Å². The zero-order valence-corrected chi connectivity index (χ0v) is 13.9. The third-order valence-corrected chi connectivity index (χ3v) is 3.87. The van der Waals surface area contributed by atoms with Crippen LogP contribution in [0.5, 0.6) is 0 Å². The zero-order valence-electron chi connectivity index (χ0n) is 22.9. The van der Waals surface area contributed by atoms with Gasteiger partial charge < -0.3 is 5.32 Å². The smallest absolute Gasteiger partial charge is 0.310 e. The molecule has 26 heavy (non-hydrogen) atoms. The molecule has 0 spiro atoms. The van der Waals surface area contributed by atoms with E-state index >= 15 is 0 Å². The Morgan fingerprint density at radius 3 is 2.69 bits per heavy atom. The van der Waals surface area contributed by atoms with Crippen LogP contribution in [0.2, 0.25) is 0 Å². The van der Waals surface area contributed by atoms with Gasteiger partial charge in [-0.25, -0.2) is 0 Å². The summed E-state index contributed by atoms with van der Waals surface area (Å²) in [6, 6.07) is -0.216. The highest BCUT2D eigenvalue weighted by Crippen LogP contribution is 2.29. The molecule has 3 aromatic rings. The zero-order chi connectivity index (χ0) is 26.5. The average Bonchev–Trinajstić information content (AvgIpc) is 2.79. The highest BCUT2D eigenvalue weighted by atomic mass is 19.4. The molecule has 1 atom stereocenters. The second kappa shape index (κ2) is 7.92. The molecule has 0 bridgehead atoms. The number of halogens is 3. The number of alkyl halides is 3. The maximum absolute atomic E-state index is 13.0. The van der Waals surface area contributed by atoms with Crippen LogP contribution < -0.4 is 5.32 Å². The first kappa shape index (κ1) is 10.1. The fraction of sp³-hybridized carbons (Fsp3) is 0.273. The lowest BCUT2D eigenvalue weighted by molar-refractivity contribution is -0.137. The van der Waals surface area contributed by atoms with E-state index in [4.69, 9.17) is 12.3 Å². The van der Waals surface area contributed by atoms with Crippen molar-refractivity contribution in [2.45, 2.75) is 31.9 Å². The van der Waals surface area contributed by atoms with Crippen LogP contribution in [-0.2, 0) is 12.5 Å². The lowest BCUT2D eigenvalue weighted by Crippen LogP contribution is -2.20. The van der Waals surface area contributed by atoms with E-state index in [0.717, 1.165) is 18.2 Å². The van der Waals surface area contributed by atoms with Crippen LogP contribution in [0, 0.1) is 0 Å². The number of hydrogen-bond acceptors (Lipinski definition) is 1. The molecule has 0 saturated heterocycles. The van der Waals surface area contributed by atoms with Crippen molar-refractivity contribution in [2.24, 2.45) is 0 Å². The van der Waals surface area contributed by atoms with Crippen LogP contribution in [-0.4, -0.2) is 6.54 Å². The van der Waals surface area contributed by atoms with Crippen molar-refractivity contribution < 1.29 is 25.5 Å². The number of aryl methyl sites for hydroxylation is 1. The molecule has 0 heterocycles. The molecule has 0 unspecified atom stereocenters. The molecule has 0 aliphatic carbocycles. The fourth-order valence-corrected chi connectivity index (χ4v) is 2.56. The largest absolute Gasteiger partial charge is 0.416 e. The highest BCUT2D eigenvalue weighted by Gasteiger charge is 2.30. The van der Waals surface area contributed by atoms with Crippen molar-refractivity contribution in [3.05, 3.63) is 83.3 Å². The first-order chi connectivity index (χ1) is 16.1. The van der Waals surface area contributed by atoms with Gasteiger partial charge in [-0.2, -0.15) is 13.2 Å². The van der Waals surface area contributed by atoms with Crippen molar-refractivity contribution in [3.63, 3.8) is 0 Å². The molecule has 0 fully saturated rings. The molecule has 1 N–H and O–H groups in total. The summed E-state index contributed by atoms with van der Waals surface area (Å²) in [6.45, 7) is 1.52. The molecule has 0 aromatic heterocycles. The predicted molar refractivity (Wildman–Crippen MR) is 100 cm³/mol. The molecule has 0 radical (unpaired) electrons. The van der Waals surface area contributed by atoms with Crippen molar-refractivity contribution >= 4 is 10.8 Å². The Hall–Kier alpha value is -2.33. The summed E-state index contributed by atoms with van der Waals surface area (Å²) in [4.78, 5) is 0. The van der Waals surface area contributed by atoms with Crippen LogP contribution in [0.3, 0.4) is 0 Å². The highest BCUT2D eigenvalue weighted by molar-refractivity contribution is 5.86. The van der Waals surface area contributed by atoms with Crippen molar-refractivity contribution in [3.8, 4) is 0 Å². The summed E-state index contributed by atoms with van der Waals surface area (Å²) in [5.41, 5.74) is -1.04. The van der Waals surface area contributed by atoms with Gasteiger partial charge in [0.05, 0.1) is 15.2 Å². The van der Waals surface area contributed by atoms with Crippen molar-refractivity contribution in [1.82, 2.24) is 5.32 Å². The molecule has 0 aliphatic rings. The topological polar surface area (TPSA) is 12.0 Å². The Morgan fingerprint density at radius 2 is 1.88 bits per heavy atom. The summed E-state index contributed by atoms with van der Waals surface area (Å²) in [7, 11) is 0. The molecule has 0 saturated carbocycles. The standard InChI is InChI=1S/C22H22F3N/c1-16(20-13-5-10-18-9-2-3-12-21(18)20)26-14-6-8-17-7-4-11-19(15-17)22(23,24)25/h2-5,7,9-13,15-16,26H,6,8,14H2,1H3/t16-/m1/s1/i2D,3D,5D,8D2,9D,10D,12D,13D. The Kier molecular flexibility index (Phi) is 3.08. The van der Waals surface area contributed by atoms with Gasteiger partial charge in [-0.15, -0.1) is 0 Å². The lowest BCUT2D eigenvalue weighted by Gasteiger charge is -2.17. The summed E-state index contributed by atoms with van der Waals surface area (Å²) >= 11 is 0. The fourth-order valence-electron chi connectivity index (χ4n) is 2.56. The maximum atomic E-state index is 13.0. The van der Waals surface area contributed by atoms with Gasteiger partial charge in [0.2, 0.25) is 0 Å². The van der Waals surface area contributed by atoms with E-state index in [1.54, 1.807) is 6.92 Å². The van der Waals surface area contributed by atoms with Gasteiger partial charge in [0.15, 0.2) is 0 Å². The van der Waals surface area contributed by atoms with Crippen LogP contribution in [0.15, 0.2) is 66.6 Å². The molecule has 3 aromatic carbocycles. The number of benzene rings is 3. The summed E-state index contributed by atoms with van der Waals surface area (Å²) in [5, 5.41) is 2.70. The Bertz CT molecular complexity index is 1280. The van der Waals surface area contributed by atoms with E-state index < -0.39 is 66.5 Å². The second-order valence-electron chi connectivity index (χ2n) is 5.72. The Labute approximate surface area is 164 Å². The summed E-state index contributed by atoms with van der Waals surface area (Å²) < 4.78 is 112. The third kappa shape index (κ3) is 4.44. The second-order valence-corrected chi connectivity index (χ2v) is 5.72. The van der Waals surface area contributed by atoms with Crippen molar-refractivity contribution in [2.75, 3.05) is 6.54 Å². The quantitative estimate of drug-likeness (QED) is 0.552. The monoisotopic (exact) mass is 366 g/mol. The molecular weight excluding hydrogens is 335 g/mol. The lowest BCUT2D eigenvalue weighted by atomic mass is 9.99. The van der Waals surface area contributed by atoms with Gasteiger partial charge in [0, 0.05) is 8.78 Å². The summed E-state index contributed by atoms with van der Waals surface area (Å²) in [5.74, 6) is 0. The van der Waals surface area contributed by atoms with Crippen LogP contribution in [0.1, 0.15) is 48.4 Å². The van der Waals surface area contributed by atoms with Gasteiger partial charge >= 0.3 is 6.18 Å². The molecule has 0 aliphatic heterocycles. The number of hydrogen-bond donors (Lipinski definition) is 1. The molecule has 1 nitrogen and oxygen atoms in total. The van der Waals surface area contributed by atoms with Crippen LogP contribution in [0.25, 0.3) is 10.8 Å². The van der Waals surface area contributed by atoms with E-state index in [1.807, 2.05) is 0 Å². The Balaban J connectivity index is 1.93. The first-order valence-corrected chi connectivity index (χ1v) is 8.00. The molecule has 4 heteroatoms. The SMILES string of the molecule is [2H]c1c([2H])c([2H])c2c([C@@H](C)NCCC([2H])([2H])c3cccc(C(F)(F)F)c3)c([2H])c([2H])c([2H])c2c1[2H]. The van der Waals surface area contributed by atoms with E-state index in [2.05, 4.69) is 5.32 Å². The van der Waals surface area contributed by atoms with Crippen LogP contribution >= 0.6 is 0 Å². The van der Waals surface area contributed by atoms with Gasteiger partial charge in [0.25, 0.3) is 0 Å². The van der Waals surface area contributed by atoms with E-state index in [-0.39, 0.29) is 34.9 Å². The van der Waals surface area contributed by atoms with Crippen molar-refractivity contribution in [1.29, 1.82) is 0 Å². The van der Waals surface area contributed by atoms with E-state index in [9.17, 15) is 13.2 Å². The molecule has 3 rings (SSSR count). The van der Waals surface area contributed by atoms with Gasteiger partial charge in [0.1, 0.15) is 0 Å². The third-order valence-electron chi connectivity index (χ3n) is 3.87. The number of rotatable bonds is 6. The average molecular weight is 366 g/mol. The van der Waals surface area contributed by atoms with Crippen LogP contribution in [0.4, 0.5) is 13.2 Å². The summed E-state index contributed by atoms with van der Waals surface area (Å²) in [6.07, 6.45) is -6.95.